The van der Waals surface area contributed by atoms with Gasteiger partial charge < -0.3 is 9.39 Å². The highest BCUT2D eigenvalue weighted by atomic mass is 32.2. The zero-order valence-electron chi connectivity index (χ0n) is 15.2. The predicted octanol–water partition coefficient (Wildman–Crippen LogP) is 4.44. The van der Waals surface area contributed by atoms with Gasteiger partial charge in [-0.3, -0.25) is 0 Å². The molecule has 2 aromatic carbocycles. The minimum absolute atomic E-state index is 0.365. The fourth-order valence-corrected chi connectivity index (χ4v) is 2.85. The first-order chi connectivity index (χ1) is 11.3. The van der Waals surface area contributed by atoms with Crippen LogP contribution in [0.4, 0.5) is 0 Å². The van der Waals surface area contributed by atoms with Crippen LogP contribution in [0.15, 0.2) is 59.5 Å². The van der Waals surface area contributed by atoms with E-state index in [4.69, 9.17) is 9.39 Å². The number of methoxy groups -OCH3 is 1. The Morgan fingerprint density at radius 1 is 0.875 bits per heavy atom. The third kappa shape index (κ3) is 5.14. The Morgan fingerprint density at radius 3 is 2.08 bits per heavy atom. The van der Waals surface area contributed by atoms with Crippen molar-refractivity contribution < 1.29 is 9.39 Å². The summed E-state index contributed by atoms with van der Waals surface area (Å²) in [4.78, 5) is 1.29. The number of hydrogen-bond donors (Lipinski definition) is 0. The molecule has 0 atom stereocenters. The second-order valence-electron chi connectivity index (χ2n) is 6.80. The van der Waals surface area contributed by atoms with Crippen LogP contribution < -0.4 is 5.46 Å². The summed E-state index contributed by atoms with van der Waals surface area (Å²) >= 11 is 1.85. The average Bonchev–Trinajstić information content (AvgIpc) is 2.60. The van der Waals surface area contributed by atoms with E-state index in [1.165, 1.54) is 10.5 Å². The van der Waals surface area contributed by atoms with Crippen molar-refractivity contribution in [2.75, 3.05) is 7.11 Å². The van der Waals surface area contributed by atoms with Gasteiger partial charge in [-0.1, -0.05) is 47.9 Å². The van der Waals surface area contributed by atoms with Crippen LogP contribution in [0.2, 0.25) is 0 Å². The van der Waals surface area contributed by atoms with Crippen LogP contribution in [0, 0.1) is 0 Å². The molecular weight excluding hydrogens is 315 g/mol. The topological polar surface area (TPSA) is 18.5 Å². The van der Waals surface area contributed by atoms with Crippen molar-refractivity contribution in [3.63, 3.8) is 0 Å². The summed E-state index contributed by atoms with van der Waals surface area (Å²) in [5.41, 5.74) is 1.58. The zero-order valence-corrected chi connectivity index (χ0v) is 16.0. The van der Waals surface area contributed by atoms with Crippen LogP contribution in [0.3, 0.4) is 0 Å². The fourth-order valence-electron chi connectivity index (χ4n) is 1.98. The molecular formula is C20H26BO2S. The highest BCUT2D eigenvalue weighted by Gasteiger charge is 2.37. The molecule has 4 heteroatoms. The number of benzene rings is 2. The molecule has 0 N–H and O–H groups in total. The highest BCUT2D eigenvalue weighted by molar-refractivity contribution is 7.98. The van der Waals surface area contributed by atoms with E-state index in [0.717, 1.165) is 11.2 Å². The van der Waals surface area contributed by atoms with Gasteiger partial charge in [0.15, 0.2) is 0 Å². The Bertz CT molecular complexity index is 624. The molecule has 24 heavy (non-hydrogen) atoms. The number of rotatable bonds is 8. The molecule has 0 saturated carbocycles. The van der Waals surface area contributed by atoms with E-state index in [9.17, 15) is 0 Å². The van der Waals surface area contributed by atoms with Crippen molar-refractivity contribution in [3.05, 3.63) is 60.2 Å². The molecule has 2 nitrogen and oxygen atoms in total. The lowest BCUT2D eigenvalue weighted by Crippen LogP contribution is -2.50. The Morgan fingerprint density at radius 2 is 1.50 bits per heavy atom. The summed E-state index contributed by atoms with van der Waals surface area (Å²) in [6.07, 6.45) is 0. The molecule has 0 spiro atoms. The van der Waals surface area contributed by atoms with Gasteiger partial charge in [0.05, 0.1) is 11.2 Å². The quantitative estimate of drug-likeness (QED) is 0.522. The van der Waals surface area contributed by atoms with Gasteiger partial charge in [0.1, 0.15) is 0 Å². The Labute approximate surface area is 151 Å². The molecule has 127 valence electrons. The van der Waals surface area contributed by atoms with Crippen LogP contribution in [0.1, 0.15) is 33.3 Å². The molecule has 0 fully saturated rings. The first-order valence-corrected chi connectivity index (χ1v) is 9.15. The second kappa shape index (κ2) is 8.24. The monoisotopic (exact) mass is 341 g/mol. The standard InChI is InChI=1S/C20H26BO2S/c1-19(2,22-5)20(3,4)23-21-17-13-11-16(12-14-17)15-24-18-9-7-6-8-10-18/h6-14H,15H2,1-5H3. The Hall–Kier alpha value is -1.23. The van der Waals surface area contributed by atoms with E-state index < -0.39 is 5.60 Å². The predicted molar refractivity (Wildman–Crippen MR) is 104 cm³/mol. The van der Waals surface area contributed by atoms with Crippen molar-refractivity contribution in [1.29, 1.82) is 0 Å². The summed E-state index contributed by atoms with van der Waals surface area (Å²) in [5.74, 6) is 0.966. The van der Waals surface area contributed by atoms with Gasteiger partial charge in [-0.2, -0.15) is 0 Å². The molecule has 0 bridgehead atoms. The molecule has 1 radical (unpaired) electrons. The van der Waals surface area contributed by atoms with Crippen molar-refractivity contribution in [1.82, 2.24) is 0 Å². The molecule has 0 amide bonds. The van der Waals surface area contributed by atoms with E-state index in [0.29, 0.717) is 0 Å². The Balaban J connectivity index is 1.88. The maximum atomic E-state index is 5.99. The summed E-state index contributed by atoms with van der Waals surface area (Å²) in [6, 6.07) is 19.0. The lowest BCUT2D eigenvalue weighted by atomic mass is 9.82. The van der Waals surface area contributed by atoms with Crippen LogP contribution in [-0.2, 0) is 15.1 Å². The zero-order chi connectivity index (χ0) is 17.6. The molecule has 0 aromatic heterocycles. The van der Waals surface area contributed by atoms with Crippen LogP contribution in [0.25, 0.3) is 0 Å². The van der Waals surface area contributed by atoms with Gasteiger partial charge in [0.25, 0.3) is 0 Å². The minimum Gasteiger partial charge on any atom is -0.427 e. The number of ether oxygens (including phenoxy) is 1. The van der Waals surface area contributed by atoms with Gasteiger partial charge >= 0.3 is 7.48 Å². The van der Waals surface area contributed by atoms with E-state index in [1.54, 1.807) is 7.11 Å². The lowest BCUT2D eigenvalue weighted by molar-refractivity contribution is -0.114. The van der Waals surface area contributed by atoms with Gasteiger partial charge in [-0.15, -0.1) is 11.8 Å². The van der Waals surface area contributed by atoms with E-state index in [-0.39, 0.29) is 5.60 Å². The van der Waals surface area contributed by atoms with Crippen molar-refractivity contribution in [2.45, 2.75) is 49.5 Å². The van der Waals surface area contributed by atoms with Gasteiger partial charge in [0, 0.05) is 17.8 Å². The summed E-state index contributed by atoms with van der Waals surface area (Å²) < 4.78 is 11.5. The number of hydrogen-bond acceptors (Lipinski definition) is 3. The molecule has 0 saturated heterocycles. The molecule has 0 aliphatic heterocycles. The molecule has 0 heterocycles. The van der Waals surface area contributed by atoms with E-state index >= 15 is 0 Å². The van der Waals surface area contributed by atoms with Gasteiger partial charge in [-0.05, 0) is 45.4 Å². The van der Waals surface area contributed by atoms with E-state index in [1.807, 2.05) is 53.0 Å². The first-order valence-electron chi connectivity index (χ1n) is 8.17. The molecule has 2 aromatic rings. The highest BCUT2D eigenvalue weighted by Crippen LogP contribution is 2.27. The van der Waals surface area contributed by atoms with Gasteiger partial charge in [-0.25, -0.2) is 0 Å². The van der Waals surface area contributed by atoms with E-state index in [2.05, 4.69) is 48.5 Å². The smallest absolute Gasteiger partial charge is 0.330 e. The molecule has 0 aliphatic carbocycles. The SMILES string of the molecule is COC(C)(C)C(C)(C)O[B]c1ccc(CSc2ccccc2)cc1. The Kier molecular flexibility index (Phi) is 6.56. The lowest BCUT2D eigenvalue weighted by Gasteiger charge is -2.40. The van der Waals surface area contributed by atoms with Crippen molar-refractivity contribution in [2.24, 2.45) is 0 Å². The normalized spacial score (nSPS) is 12.2. The summed E-state index contributed by atoms with van der Waals surface area (Å²) in [6.45, 7) is 8.14. The van der Waals surface area contributed by atoms with Crippen LogP contribution in [-0.4, -0.2) is 25.8 Å². The molecule has 0 aliphatic rings. The van der Waals surface area contributed by atoms with Crippen molar-refractivity contribution in [3.8, 4) is 0 Å². The third-order valence-corrected chi connectivity index (χ3v) is 5.66. The molecule has 2 rings (SSSR count). The second-order valence-corrected chi connectivity index (χ2v) is 7.85. The third-order valence-electron chi connectivity index (χ3n) is 4.58. The van der Waals surface area contributed by atoms with Crippen LogP contribution >= 0.6 is 11.8 Å². The molecule has 0 unspecified atom stereocenters. The first kappa shape index (κ1) is 19.1. The van der Waals surface area contributed by atoms with Gasteiger partial charge in [0.2, 0.25) is 0 Å². The number of thioether (sulfide) groups is 1. The summed E-state index contributed by atoms with van der Waals surface area (Å²) in [7, 11) is 3.53. The van der Waals surface area contributed by atoms with Crippen LogP contribution in [0.5, 0.6) is 0 Å². The maximum Gasteiger partial charge on any atom is 0.330 e. The largest absolute Gasteiger partial charge is 0.427 e. The average molecular weight is 341 g/mol. The van der Waals surface area contributed by atoms with Crippen molar-refractivity contribution >= 4 is 24.7 Å². The fraction of sp³-hybridized carbons (Fsp3) is 0.400. The maximum absolute atomic E-state index is 5.99. The minimum atomic E-state index is -0.413. The summed E-state index contributed by atoms with van der Waals surface area (Å²) in [5, 5.41) is 0.